The predicted octanol–water partition coefficient (Wildman–Crippen LogP) is 1.86. The van der Waals surface area contributed by atoms with Gasteiger partial charge in [-0.3, -0.25) is 4.79 Å². The van der Waals surface area contributed by atoms with Gasteiger partial charge in [0, 0.05) is 5.54 Å². The van der Waals surface area contributed by atoms with Crippen LogP contribution >= 0.6 is 0 Å². The first-order valence-electron chi connectivity index (χ1n) is 5.54. The molecule has 14 heavy (non-hydrogen) atoms. The minimum absolute atomic E-state index is 0.0447. The number of carbonyl (C=O) groups excluding carboxylic acids is 1. The Bertz CT molecular complexity index is 186. The second kappa shape index (κ2) is 5.35. The van der Waals surface area contributed by atoms with Crippen molar-refractivity contribution in [1.82, 2.24) is 5.32 Å². The molecule has 1 aliphatic rings. The molecule has 1 saturated carbocycles. The van der Waals surface area contributed by atoms with Gasteiger partial charge in [-0.25, -0.2) is 0 Å². The molecule has 0 aromatic carbocycles. The molecular weight excluding hydrogens is 178 g/mol. The van der Waals surface area contributed by atoms with E-state index in [0.29, 0.717) is 6.42 Å². The van der Waals surface area contributed by atoms with Gasteiger partial charge in [0.25, 0.3) is 0 Å². The highest BCUT2D eigenvalue weighted by atomic mass is 16.5. The summed E-state index contributed by atoms with van der Waals surface area (Å²) in [4.78, 5) is 11.3. The van der Waals surface area contributed by atoms with Crippen LogP contribution in [-0.4, -0.2) is 25.2 Å². The van der Waals surface area contributed by atoms with E-state index in [4.69, 9.17) is 4.74 Å². The van der Waals surface area contributed by atoms with Crippen LogP contribution in [0.5, 0.6) is 0 Å². The summed E-state index contributed by atoms with van der Waals surface area (Å²) >= 11 is 0. The van der Waals surface area contributed by atoms with Gasteiger partial charge in [-0.15, -0.1) is 0 Å². The van der Waals surface area contributed by atoms with E-state index < -0.39 is 0 Å². The third-order valence-corrected chi connectivity index (χ3v) is 3.02. The minimum atomic E-state index is -0.0875. The van der Waals surface area contributed by atoms with E-state index in [2.05, 4.69) is 12.2 Å². The minimum Gasteiger partial charge on any atom is -0.469 e. The molecule has 0 amide bonds. The van der Waals surface area contributed by atoms with E-state index >= 15 is 0 Å². The van der Waals surface area contributed by atoms with Crippen LogP contribution in [0.2, 0.25) is 0 Å². The van der Waals surface area contributed by atoms with Crippen molar-refractivity contribution in [2.75, 3.05) is 13.7 Å². The summed E-state index contributed by atoms with van der Waals surface area (Å²) in [7, 11) is 1.46. The topological polar surface area (TPSA) is 38.3 Å². The van der Waals surface area contributed by atoms with Crippen LogP contribution in [0.25, 0.3) is 0 Å². The molecule has 3 heteroatoms. The lowest BCUT2D eigenvalue weighted by molar-refractivity contribution is -0.142. The third kappa shape index (κ3) is 2.98. The molecule has 0 bridgehead atoms. The lowest BCUT2D eigenvalue weighted by Crippen LogP contribution is -2.45. The maximum absolute atomic E-state index is 11.3. The third-order valence-electron chi connectivity index (χ3n) is 3.02. The number of hydrogen-bond acceptors (Lipinski definition) is 3. The van der Waals surface area contributed by atoms with Crippen molar-refractivity contribution in [2.24, 2.45) is 0 Å². The van der Waals surface area contributed by atoms with Crippen molar-refractivity contribution in [3.05, 3.63) is 0 Å². The second-order valence-electron chi connectivity index (χ2n) is 4.17. The van der Waals surface area contributed by atoms with Gasteiger partial charge in [-0.2, -0.15) is 0 Å². The second-order valence-corrected chi connectivity index (χ2v) is 4.17. The number of methoxy groups -OCH3 is 1. The highest BCUT2D eigenvalue weighted by molar-refractivity contribution is 5.70. The smallest absolute Gasteiger partial charge is 0.307 e. The SMILES string of the molecule is CCCNC1(CC(=O)OC)CCCC1. The molecule has 0 aromatic heterocycles. The Balaban J connectivity index is 2.48. The van der Waals surface area contributed by atoms with Crippen LogP contribution in [0.1, 0.15) is 45.4 Å². The zero-order chi connectivity index (χ0) is 10.4. The molecule has 0 radical (unpaired) electrons. The Morgan fingerprint density at radius 3 is 2.57 bits per heavy atom. The van der Waals surface area contributed by atoms with Gasteiger partial charge in [0.1, 0.15) is 0 Å². The van der Waals surface area contributed by atoms with Crippen molar-refractivity contribution in [2.45, 2.75) is 51.0 Å². The molecule has 0 saturated heterocycles. The van der Waals surface area contributed by atoms with Crippen LogP contribution in [0, 0.1) is 0 Å². The lowest BCUT2D eigenvalue weighted by Gasteiger charge is -2.29. The van der Waals surface area contributed by atoms with Gasteiger partial charge in [-0.1, -0.05) is 19.8 Å². The zero-order valence-corrected chi connectivity index (χ0v) is 9.27. The first-order chi connectivity index (χ1) is 6.72. The normalized spacial score (nSPS) is 19.6. The molecule has 0 spiro atoms. The average Bonchev–Trinajstić information content (AvgIpc) is 2.64. The summed E-state index contributed by atoms with van der Waals surface area (Å²) in [5.41, 5.74) is 0.0447. The Labute approximate surface area is 86.2 Å². The summed E-state index contributed by atoms with van der Waals surface area (Å²) < 4.78 is 4.74. The largest absolute Gasteiger partial charge is 0.469 e. The van der Waals surface area contributed by atoms with E-state index in [0.717, 1.165) is 25.8 Å². The zero-order valence-electron chi connectivity index (χ0n) is 9.27. The first kappa shape index (κ1) is 11.5. The number of hydrogen-bond donors (Lipinski definition) is 1. The molecule has 0 heterocycles. The van der Waals surface area contributed by atoms with Crippen LogP contribution in [0.15, 0.2) is 0 Å². The number of ether oxygens (including phenoxy) is 1. The van der Waals surface area contributed by atoms with E-state index in [1.807, 2.05) is 0 Å². The van der Waals surface area contributed by atoms with Crippen molar-refractivity contribution in [3.8, 4) is 0 Å². The van der Waals surface area contributed by atoms with Gasteiger partial charge in [0.15, 0.2) is 0 Å². The van der Waals surface area contributed by atoms with Gasteiger partial charge in [0.05, 0.1) is 13.5 Å². The predicted molar refractivity (Wildman–Crippen MR) is 56.1 cm³/mol. The molecule has 0 unspecified atom stereocenters. The number of rotatable bonds is 5. The van der Waals surface area contributed by atoms with Crippen molar-refractivity contribution in [3.63, 3.8) is 0 Å². The Morgan fingerprint density at radius 2 is 2.07 bits per heavy atom. The highest BCUT2D eigenvalue weighted by Gasteiger charge is 2.35. The molecule has 1 fully saturated rings. The Kier molecular flexibility index (Phi) is 4.39. The fourth-order valence-electron chi connectivity index (χ4n) is 2.21. The molecule has 0 aromatic rings. The monoisotopic (exact) mass is 199 g/mol. The molecule has 1 aliphatic carbocycles. The first-order valence-corrected chi connectivity index (χ1v) is 5.54. The molecular formula is C11H21NO2. The van der Waals surface area contributed by atoms with Gasteiger partial charge in [-0.05, 0) is 25.8 Å². The van der Waals surface area contributed by atoms with Gasteiger partial charge >= 0.3 is 5.97 Å². The molecule has 1 N–H and O–H groups in total. The summed E-state index contributed by atoms with van der Waals surface area (Å²) in [5.74, 6) is -0.0875. The van der Waals surface area contributed by atoms with E-state index in [-0.39, 0.29) is 11.5 Å². The van der Waals surface area contributed by atoms with E-state index in [1.165, 1.54) is 20.0 Å². The summed E-state index contributed by atoms with van der Waals surface area (Å²) in [6.07, 6.45) is 6.33. The van der Waals surface area contributed by atoms with Gasteiger partial charge < -0.3 is 10.1 Å². The van der Waals surface area contributed by atoms with E-state index in [9.17, 15) is 4.79 Å². The van der Waals surface area contributed by atoms with Crippen molar-refractivity contribution < 1.29 is 9.53 Å². The van der Waals surface area contributed by atoms with Crippen LogP contribution in [0.3, 0.4) is 0 Å². The standard InChI is InChI=1S/C11H21NO2/c1-3-8-12-11(6-4-5-7-11)9-10(13)14-2/h12H,3-9H2,1-2H3. The number of esters is 1. The summed E-state index contributed by atoms with van der Waals surface area (Å²) in [6, 6.07) is 0. The van der Waals surface area contributed by atoms with Crippen LogP contribution in [0.4, 0.5) is 0 Å². The van der Waals surface area contributed by atoms with E-state index in [1.54, 1.807) is 0 Å². The fourth-order valence-corrected chi connectivity index (χ4v) is 2.21. The Morgan fingerprint density at radius 1 is 1.43 bits per heavy atom. The molecule has 0 aliphatic heterocycles. The maximum atomic E-state index is 11.3. The maximum Gasteiger partial charge on any atom is 0.307 e. The number of nitrogens with one attached hydrogen (secondary N) is 1. The summed E-state index contributed by atoms with van der Waals surface area (Å²) in [6.45, 7) is 3.14. The van der Waals surface area contributed by atoms with Crippen molar-refractivity contribution in [1.29, 1.82) is 0 Å². The Hall–Kier alpha value is -0.570. The van der Waals surface area contributed by atoms with Gasteiger partial charge in [0.2, 0.25) is 0 Å². The average molecular weight is 199 g/mol. The summed E-state index contributed by atoms with van der Waals surface area (Å²) in [5, 5.41) is 3.51. The van der Waals surface area contributed by atoms with Crippen LogP contribution in [-0.2, 0) is 9.53 Å². The fraction of sp³-hybridized carbons (Fsp3) is 0.909. The van der Waals surface area contributed by atoms with Crippen LogP contribution < -0.4 is 5.32 Å². The molecule has 1 rings (SSSR count). The molecule has 82 valence electrons. The highest BCUT2D eigenvalue weighted by Crippen LogP contribution is 2.32. The quantitative estimate of drug-likeness (QED) is 0.687. The molecule has 0 atom stereocenters. The van der Waals surface area contributed by atoms with Crippen molar-refractivity contribution >= 4 is 5.97 Å². The molecule has 3 nitrogen and oxygen atoms in total. The number of carbonyl (C=O) groups is 1. The lowest BCUT2D eigenvalue weighted by atomic mass is 9.93.